The standard InChI is InChI=1S/C20H19ClFN3OS/c1-3-12-25-19(13-26-18-11-7-6-10-17(18)22)23-24-20(25)27-14(2)15-8-4-5-9-16(15)21/h3-11,14H,1,12-13H2,2H3. The predicted octanol–water partition coefficient (Wildman–Crippen LogP) is 5.69. The highest BCUT2D eigenvalue weighted by Crippen LogP contribution is 2.37. The van der Waals surface area contributed by atoms with Gasteiger partial charge in [0, 0.05) is 16.8 Å². The lowest BCUT2D eigenvalue weighted by atomic mass is 10.2. The van der Waals surface area contributed by atoms with Crippen molar-refractivity contribution in [2.45, 2.75) is 30.5 Å². The van der Waals surface area contributed by atoms with Crippen molar-refractivity contribution in [2.75, 3.05) is 0 Å². The van der Waals surface area contributed by atoms with Gasteiger partial charge in [0.25, 0.3) is 0 Å². The van der Waals surface area contributed by atoms with E-state index in [1.54, 1.807) is 36.0 Å². The van der Waals surface area contributed by atoms with Crippen molar-refractivity contribution in [3.05, 3.63) is 83.4 Å². The van der Waals surface area contributed by atoms with Gasteiger partial charge in [-0.1, -0.05) is 59.8 Å². The average Bonchev–Trinajstić information content (AvgIpc) is 3.03. The number of hydrogen-bond donors (Lipinski definition) is 0. The van der Waals surface area contributed by atoms with E-state index in [4.69, 9.17) is 16.3 Å². The molecular weight excluding hydrogens is 385 g/mol. The molecule has 0 amide bonds. The van der Waals surface area contributed by atoms with Gasteiger partial charge in [-0.2, -0.15) is 0 Å². The smallest absolute Gasteiger partial charge is 0.192 e. The van der Waals surface area contributed by atoms with Crippen LogP contribution in [0.3, 0.4) is 0 Å². The fraction of sp³-hybridized carbons (Fsp3) is 0.200. The zero-order valence-electron chi connectivity index (χ0n) is 14.8. The maximum Gasteiger partial charge on any atom is 0.192 e. The number of ether oxygens (including phenoxy) is 1. The number of thioether (sulfide) groups is 1. The van der Waals surface area contributed by atoms with Crippen LogP contribution in [-0.4, -0.2) is 14.8 Å². The second-order valence-electron chi connectivity index (χ2n) is 5.80. The number of halogens is 2. The first-order chi connectivity index (χ1) is 13.1. The van der Waals surface area contributed by atoms with Crippen molar-refractivity contribution in [3.8, 4) is 5.75 Å². The molecule has 0 fully saturated rings. The highest BCUT2D eigenvalue weighted by atomic mass is 35.5. The molecule has 1 atom stereocenters. The lowest BCUT2D eigenvalue weighted by molar-refractivity contribution is 0.275. The maximum atomic E-state index is 13.7. The van der Waals surface area contributed by atoms with Crippen molar-refractivity contribution in [1.29, 1.82) is 0 Å². The molecule has 0 spiro atoms. The molecular formula is C20H19ClFN3OS. The molecule has 0 aliphatic carbocycles. The lowest BCUT2D eigenvalue weighted by Gasteiger charge is -2.14. The minimum Gasteiger partial charge on any atom is -0.483 e. The number of nitrogens with zero attached hydrogens (tertiary/aromatic N) is 3. The fourth-order valence-electron chi connectivity index (χ4n) is 2.56. The number of para-hydroxylation sites is 1. The van der Waals surface area contributed by atoms with E-state index in [1.807, 2.05) is 28.8 Å². The summed E-state index contributed by atoms with van der Waals surface area (Å²) in [6.45, 7) is 6.50. The second-order valence-corrected chi connectivity index (χ2v) is 7.51. The third-order valence-electron chi connectivity index (χ3n) is 3.92. The third kappa shape index (κ3) is 4.70. The van der Waals surface area contributed by atoms with Gasteiger partial charge in [0.05, 0.1) is 0 Å². The Balaban J connectivity index is 1.77. The minimum atomic E-state index is -0.408. The van der Waals surface area contributed by atoms with Gasteiger partial charge in [-0.05, 0) is 30.7 Å². The number of benzene rings is 2. The summed E-state index contributed by atoms with van der Waals surface area (Å²) in [6, 6.07) is 14.0. The molecule has 0 radical (unpaired) electrons. The summed E-state index contributed by atoms with van der Waals surface area (Å²) in [5, 5.41) is 10.0. The van der Waals surface area contributed by atoms with E-state index in [1.165, 1.54) is 6.07 Å². The van der Waals surface area contributed by atoms with Gasteiger partial charge in [0.2, 0.25) is 0 Å². The molecule has 1 unspecified atom stereocenters. The second kappa shape index (κ2) is 9.06. The summed E-state index contributed by atoms with van der Waals surface area (Å²) in [4.78, 5) is 0. The average molecular weight is 404 g/mol. The lowest BCUT2D eigenvalue weighted by Crippen LogP contribution is -2.08. The van der Waals surface area contributed by atoms with Crippen molar-refractivity contribution >= 4 is 23.4 Å². The Kier molecular flexibility index (Phi) is 6.53. The first kappa shape index (κ1) is 19.5. The predicted molar refractivity (Wildman–Crippen MR) is 107 cm³/mol. The number of allylic oxidation sites excluding steroid dienone is 1. The van der Waals surface area contributed by atoms with Gasteiger partial charge in [-0.3, -0.25) is 4.57 Å². The summed E-state index contributed by atoms with van der Waals surface area (Å²) >= 11 is 7.85. The fourth-order valence-corrected chi connectivity index (χ4v) is 3.96. The van der Waals surface area contributed by atoms with E-state index in [0.717, 1.165) is 15.7 Å². The highest BCUT2D eigenvalue weighted by molar-refractivity contribution is 7.99. The molecule has 0 saturated carbocycles. The summed E-state index contributed by atoms with van der Waals surface area (Å²) in [7, 11) is 0. The molecule has 1 heterocycles. The Morgan fingerprint density at radius 1 is 1.22 bits per heavy atom. The van der Waals surface area contributed by atoms with Gasteiger partial charge >= 0.3 is 0 Å². The summed E-state index contributed by atoms with van der Waals surface area (Å²) < 4.78 is 21.2. The molecule has 0 bridgehead atoms. The minimum absolute atomic E-state index is 0.0896. The van der Waals surface area contributed by atoms with Crippen LogP contribution in [0.5, 0.6) is 5.75 Å². The Labute approximate surface area is 167 Å². The van der Waals surface area contributed by atoms with E-state index in [0.29, 0.717) is 12.4 Å². The molecule has 27 heavy (non-hydrogen) atoms. The van der Waals surface area contributed by atoms with Crippen LogP contribution in [-0.2, 0) is 13.2 Å². The van der Waals surface area contributed by atoms with Crippen LogP contribution in [0, 0.1) is 5.82 Å². The number of aromatic nitrogens is 3. The van der Waals surface area contributed by atoms with E-state index < -0.39 is 5.82 Å². The number of rotatable bonds is 8. The Hall–Kier alpha value is -2.31. The Morgan fingerprint density at radius 2 is 1.96 bits per heavy atom. The van der Waals surface area contributed by atoms with Gasteiger partial charge in [-0.25, -0.2) is 4.39 Å². The molecule has 0 aliphatic heterocycles. The SMILES string of the molecule is C=CCn1c(COc2ccccc2F)nnc1SC(C)c1ccccc1Cl. The molecule has 0 saturated heterocycles. The Morgan fingerprint density at radius 3 is 2.70 bits per heavy atom. The van der Waals surface area contributed by atoms with E-state index in [-0.39, 0.29) is 17.6 Å². The molecule has 1 aromatic heterocycles. The van der Waals surface area contributed by atoms with Crippen molar-refractivity contribution in [2.24, 2.45) is 0 Å². The topological polar surface area (TPSA) is 39.9 Å². The van der Waals surface area contributed by atoms with E-state index in [9.17, 15) is 4.39 Å². The normalized spacial score (nSPS) is 12.0. The van der Waals surface area contributed by atoms with Crippen LogP contribution in [0.2, 0.25) is 5.02 Å². The van der Waals surface area contributed by atoms with Gasteiger partial charge < -0.3 is 4.74 Å². The van der Waals surface area contributed by atoms with E-state index >= 15 is 0 Å². The van der Waals surface area contributed by atoms with E-state index in [2.05, 4.69) is 23.7 Å². The summed E-state index contributed by atoms with van der Waals surface area (Å²) in [5.41, 5.74) is 1.03. The monoisotopic (exact) mass is 403 g/mol. The first-order valence-electron chi connectivity index (χ1n) is 8.41. The van der Waals surface area contributed by atoms with Crippen LogP contribution in [0.4, 0.5) is 4.39 Å². The Bertz CT molecular complexity index is 931. The van der Waals surface area contributed by atoms with Crippen LogP contribution >= 0.6 is 23.4 Å². The van der Waals surface area contributed by atoms with Crippen LogP contribution in [0.15, 0.2) is 66.3 Å². The van der Waals surface area contributed by atoms with Gasteiger partial charge in [0.1, 0.15) is 6.61 Å². The first-order valence-corrected chi connectivity index (χ1v) is 9.67. The summed E-state index contributed by atoms with van der Waals surface area (Å²) in [6.07, 6.45) is 1.76. The molecule has 3 aromatic rings. The van der Waals surface area contributed by atoms with Crippen LogP contribution in [0.1, 0.15) is 23.6 Å². The van der Waals surface area contributed by atoms with Crippen molar-refractivity contribution in [3.63, 3.8) is 0 Å². The molecule has 7 heteroatoms. The van der Waals surface area contributed by atoms with Crippen LogP contribution in [0.25, 0.3) is 0 Å². The molecule has 0 aliphatic rings. The molecule has 140 valence electrons. The van der Waals surface area contributed by atoms with Crippen molar-refractivity contribution < 1.29 is 9.13 Å². The molecule has 2 aromatic carbocycles. The van der Waals surface area contributed by atoms with Crippen LogP contribution < -0.4 is 4.74 Å². The molecule has 0 N–H and O–H groups in total. The maximum absolute atomic E-state index is 13.7. The molecule has 3 rings (SSSR count). The van der Waals surface area contributed by atoms with Gasteiger partial charge in [0.15, 0.2) is 22.5 Å². The van der Waals surface area contributed by atoms with Crippen molar-refractivity contribution in [1.82, 2.24) is 14.8 Å². The zero-order valence-corrected chi connectivity index (χ0v) is 16.4. The zero-order chi connectivity index (χ0) is 19.2. The quantitative estimate of drug-likeness (QED) is 0.358. The summed E-state index contributed by atoms with van der Waals surface area (Å²) in [5.74, 6) is 0.380. The third-order valence-corrected chi connectivity index (χ3v) is 5.39. The number of hydrogen-bond acceptors (Lipinski definition) is 4. The largest absolute Gasteiger partial charge is 0.483 e. The van der Waals surface area contributed by atoms with Gasteiger partial charge in [-0.15, -0.1) is 16.8 Å². The molecule has 4 nitrogen and oxygen atoms in total. The highest BCUT2D eigenvalue weighted by Gasteiger charge is 2.18.